The fourth-order valence-electron chi connectivity index (χ4n) is 2.95. The van der Waals surface area contributed by atoms with Gasteiger partial charge >= 0.3 is 6.09 Å². The molecule has 0 saturated carbocycles. The van der Waals surface area contributed by atoms with Crippen LogP contribution in [0.5, 0.6) is 0 Å². The third kappa shape index (κ3) is 7.95. The molecule has 0 heterocycles. The van der Waals surface area contributed by atoms with Gasteiger partial charge in [0.05, 0.1) is 0 Å². The van der Waals surface area contributed by atoms with Gasteiger partial charge < -0.3 is 21.1 Å². The normalized spacial score (nSPS) is 12.6. The molecular weight excluding hydrogens is 382 g/mol. The van der Waals surface area contributed by atoms with Crippen LogP contribution in [0.4, 0.5) is 4.79 Å². The van der Waals surface area contributed by atoms with E-state index in [1.165, 1.54) is 0 Å². The molecule has 30 heavy (non-hydrogen) atoms. The Kier molecular flexibility index (Phi) is 8.87. The van der Waals surface area contributed by atoms with Crippen molar-refractivity contribution in [3.63, 3.8) is 0 Å². The largest absolute Gasteiger partial charge is 0.445 e. The number of hydrogen-bond donors (Lipinski definition) is 3. The van der Waals surface area contributed by atoms with Crippen LogP contribution in [0.15, 0.2) is 60.7 Å². The Balaban J connectivity index is 1.98. The number of carbonyl (C=O) groups excluding carboxylic acids is 3. The van der Waals surface area contributed by atoms with Gasteiger partial charge in [-0.15, -0.1) is 0 Å². The van der Waals surface area contributed by atoms with E-state index in [9.17, 15) is 14.4 Å². The van der Waals surface area contributed by atoms with Gasteiger partial charge in [0.1, 0.15) is 18.7 Å². The third-order valence-corrected chi connectivity index (χ3v) is 4.47. The Hall–Kier alpha value is -3.35. The summed E-state index contributed by atoms with van der Waals surface area (Å²) in [6, 6.07) is 16.8. The van der Waals surface area contributed by atoms with Gasteiger partial charge in [-0.25, -0.2) is 4.79 Å². The van der Waals surface area contributed by atoms with Crippen molar-refractivity contribution in [2.24, 2.45) is 11.7 Å². The molecule has 4 N–H and O–H groups in total. The summed E-state index contributed by atoms with van der Waals surface area (Å²) in [5.41, 5.74) is 7.20. The SMILES string of the molecule is CC(C)C[C@@H](NC(=O)OCc1ccccc1)C(=O)N[C@H](Cc1ccccc1)C(N)=O. The number of primary amides is 1. The van der Waals surface area contributed by atoms with Crippen LogP contribution in [-0.4, -0.2) is 30.0 Å². The molecular formula is C23H29N3O4. The van der Waals surface area contributed by atoms with Crippen LogP contribution < -0.4 is 16.4 Å². The molecule has 0 fully saturated rings. The number of alkyl carbamates (subject to hydrolysis) is 1. The number of ether oxygens (including phenoxy) is 1. The highest BCUT2D eigenvalue weighted by molar-refractivity contribution is 5.90. The molecule has 0 aromatic heterocycles. The predicted octanol–water partition coefficient (Wildman–Crippen LogP) is 2.54. The summed E-state index contributed by atoms with van der Waals surface area (Å²) in [5, 5.41) is 5.27. The summed E-state index contributed by atoms with van der Waals surface area (Å²) in [5.74, 6) is -0.974. The number of nitrogens with one attached hydrogen (secondary N) is 2. The quantitative estimate of drug-likeness (QED) is 0.558. The molecule has 0 aliphatic heterocycles. The van der Waals surface area contributed by atoms with Crippen molar-refractivity contribution >= 4 is 17.9 Å². The number of nitrogens with two attached hydrogens (primary N) is 1. The van der Waals surface area contributed by atoms with Gasteiger partial charge in [-0.1, -0.05) is 74.5 Å². The minimum Gasteiger partial charge on any atom is -0.445 e. The Labute approximate surface area is 177 Å². The van der Waals surface area contributed by atoms with E-state index in [4.69, 9.17) is 10.5 Å². The zero-order valence-electron chi connectivity index (χ0n) is 17.3. The van der Waals surface area contributed by atoms with Crippen LogP contribution >= 0.6 is 0 Å². The minimum atomic E-state index is -0.878. The van der Waals surface area contributed by atoms with Crippen LogP contribution in [0.1, 0.15) is 31.4 Å². The Morgan fingerprint density at radius 1 is 0.867 bits per heavy atom. The summed E-state index contributed by atoms with van der Waals surface area (Å²) in [6.45, 7) is 3.97. The first-order valence-electron chi connectivity index (χ1n) is 9.96. The van der Waals surface area contributed by atoms with Crippen molar-refractivity contribution in [3.05, 3.63) is 71.8 Å². The summed E-state index contributed by atoms with van der Waals surface area (Å²) in [4.78, 5) is 36.9. The number of amides is 3. The van der Waals surface area contributed by atoms with E-state index >= 15 is 0 Å². The van der Waals surface area contributed by atoms with Crippen molar-refractivity contribution in [3.8, 4) is 0 Å². The highest BCUT2D eigenvalue weighted by atomic mass is 16.5. The predicted molar refractivity (Wildman–Crippen MR) is 114 cm³/mol. The number of hydrogen-bond acceptors (Lipinski definition) is 4. The molecule has 2 rings (SSSR count). The Bertz CT molecular complexity index is 825. The number of carbonyl (C=O) groups is 3. The second-order valence-electron chi connectivity index (χ2n) is 7.54. The van der Waals surface area contributed by atoms with Crippen LogP contribution in [0, 0.1) is 5.92 Å². The molecule has 0 unspecified atom stereocenters. The monoisotopic (exact) mass is 411 g/mol. The third-order valence-electron chi connectivity index (χ3n) is 4.47. The number of benzene rings is 2. The molecule has 0 spiro atoms. The van der Waals surface area contributed by atoms with Crippen LogP contribution in [0.25, 0.3) is 0 Å². The van der Waals surface area contributed by atoms with Gasteiger partial charge in [-0.05, 0) is 23.5 Å². The molecule has 0 aliphatic rings. The van der Waals surface area contributed by atoms with Gasteiger partial charge in [0, 0.05) is 6.42 Å². The summed E-state index contributed by atoms with van der Waals surface area (Å²) in [7, 11) is 0. The van der Waals surface area contributed by atoms with Gasteiger partial charge in [0.15, 0.2) is 0 Å². The van der Waals surface area contributed by atoms with Gasteiger partial charge in [-0.2, -0.15) is 0 Å². The summed E-state index contributed by atoms with van der Waals surface area (Å²) in [6.07, 6.45) is -0.0314. The van der Waals surface area contributed by atoms with Crippen molar-refractivity contribution in [1.82, 2.24) is 10.6 Å². The van der Waals surface area contributed by atoms with Crippen LogP contribution in [0.3, 0.4) is 0 Å². The summed E-state index contributed by atoms with van der Waals surface area (Å²) < 4.78 is 5.22. The zero-order valence-corrected chi connectivity index (χ0v) is 17.3. The fourth-order valence-corrected chi connectivity index (χ4v) is 2.95. The first-order valence-corrected chi connectivity index (χ1v) is 9.96. The molecule has 0 bridgehead atoms. The molecule has 3 amide bonds. The van der Waals surface area contributed by atoms with Crippen molar-refractivity contribution < 1.29 is 19.1 Å². The first-order chi connectivity index (χ1) is 14.3. The molecule has 160 valence electrons. The lowest BCUT2D eigenvalue weighted by Crippen LogP contribution is -2.54. The standard InChI is InChI=1S/C23H29N3O4/c1-16(2)13-20(26-23(29)30-15-18-11-7-4-8-12-18)22(28)25-19(21(24)27)14-17-9-5-3-6-10-17/h3-12,16,19-20H,13-15H2,1-2H3,(H2,24,27)(H,25,28)(H,26,29)/t19-,20-/m1/s1. The molecule has 2 aromatic carbocycles. The van der Waals surface area contributed by atoms with Gasteiger partial charge in [-0.3, -0.25) is 9.59 Å². The molecule has 2 atom stereocenters. The van der Waals surface area contributed by atoms with Crippen molar-refractivity contribution in [1.29, 1.82) is 0 Å². The number of rotatable bonds is 10. The maximum absolute atomic E-state index is 12.8. The average molecular weight is 412 g/mol. The van der Waals surface area contributed by atoms with E-state index in [0.29, 0.717) is 6.42 Å². The van der Waals surface area contributed by atoms with E-state index < -0.39 is 30.0 Å². The van der Waals surface area contributed by atoms with Crippen LogP contribution in [0.2, 0.25) is 0 Å². The van der Waals surface area contributed by atoms with E-state index in [1.54, 1.807) is 0 Å². The minimum absolute atomic E-state index is 0.0978. The van der Waals surface area contributed by atoms with Crippen molar-refractivity contribution in [2.75, 3.05) is 0 Å². The zero-order chi connectivity index (χ0) is 21.9. The molecule has 2 aromatic rings. The van der Waals surface area contributed by atoms with Crippen molar-refractivity contribution in [2.45, 2.75) is 45.4 Å². The maximum Gasteiger partial charge on any atom is 0.408 e. The fraction of sp³-hybridized carbons (Fsp3) is 0.348. The lowest BCUT2D eigenvalue weighted by Gasteiger charge is -2.23. The van der Waals surface area contributed by atoms with Gasteiger partial charge in [0.2, 0.25) is 11.8 Å². The second kappa shape index (κ2) is 11.6. The average Bonchev–Trinajstić information content (AvgIpc) is 2.72. The van der Waals surface area contributed by atoms with E-state index in [0.717, 1.165) is 11.1 Å². The van der Waals surface area contributed by atoms with E-state index in [-0.39, 0.29) is 18.9 Å². The Morgan fingerprint density at radius 3 is 1.97 bits per heavy atom. The lowest BCUT2D eigenvalue weighted by atomic mass is 10.0. The molecule has 7 nitrogen and oxygen atoms in total. The highest BCUT2D eigenvalue weighted by Crippen LogP contribution is 2.08. The molecule has 0 saturated heterocycles. The van der Waals surface area contributed by atoms with E-state index in [1.807, 2.05) is 74.5 Å². The lowest BCUT2D eigenvalue weighted by molar-refractivity contribution is -0.128. The van der Waals surface area contributed by atoms with Crippen LogP contribution in [-0.2, 0) is 27.4 Å². The molecule has 7 heteroatoms. The first kappa shape index (κ1) is 22.9. The highest BCUT2D eigenvalue weighted by Gasteiger charge is 2.27. The molecule has 0 aliphatic carbocycles. The Morgan fingerprint density at radius 2 is 1.43 bits per heavy atom. The topological polar surface area (TPSA) is 111 Å². The second-order valence-corrected chi connectivity index (χ2v) is 7.54. The smallest absolute Gasteiger partial charge is 0.408 e. The summed E-state index contributed by atoms with van der Waals surface area (Å²) >= 11 is 0. The maximum atomic E-state index is 12.8. The van der Waals surface area contributed by atoms with Gasteiger partial charge in [0.25, 0.3) is 0 Å². The molecule has 0 radical (unpaired) electrons. The van der Waals surface area contributed by atoms with E-state index in [2.05, 4.69) is 10.6 Å².